The molecular formula is C17H29N. The molecule has 0 saturated heterocycles. The second-order valence-corrected chi connectivity index (χ2v) is 8.23. The van der Waals surface area contributed by atoms with Crippen molar-refractivity contribution in [3.05, 3.63) is 0 Å². The maximum Gasteiger partial charge on any atom is 0.00387 e. The molecule has 1 spiro atoms. The van der Waals surface area contributed by atoms with Gasteiger partial charge in [-0.05, 0) is 99.7 Å². The molecule has 5 saturated carbocycles. The van der Waals surface area contributed by atoms with E-state index in [1.165, 1.54) is 25.7 Å². The van der Waals surface area contributed by atoms with Gasteiger partial charge in [0.2, 0.25) is 0 Å². The molecular weight excluding hydrogens is 218 g/mol. The van der Waals surface area contributed by atoms with Crippen LogP contribution in [-0.4, -0.2) is 6.04 Å². The van der Waals surface area contributed by atoms with Crippen LogP contribution >= 0.6 is 0 Å². The maximum atomic E-state index is 6.13. The fourth-order valence-electron chi connectivity index (χ4n) is 6.64. The number of hydrogen-bond donors (Lipinski definition) is 1. The van der Waals surface area contributed by atoms with Crippen LogP contribution in [0.3, 0.4) is 0 Å². The Labute approximate surface area is 112 Å². The van der Waals surface area contributed by atoms with Crippen LogP contribution in [0.5, 0.6) is 0 Å². The Morgan fingerprint density at radius 2 is 1.39 bits per heavy atom. The predicted octanol–water partition coefficient (Wildman–Crippen LogP) is 3.97. The van der Waals surface area contributed by atoms with E-state index in [0.29, 0.717) is 6.04 Å². The first-order valence-corrected chi connectivity index (χ1v) is 8.43. The molecule has 18 heavy (non-hydrogen) atoms. The third-order valence-corrected chi connectivity index (χ3v) is 7.47. The predicted molar refractivity (Wildman–Crippen MR) is 75.1 cm³/mol. The molecule has 1 unspecified atom stereocenters. The normalized spacial score (nSPS) is 56.0. The highest BCUT2D eigenvalue weighted by Gasteiger charge is 2.57. The summed E-state index contributed by atoms with van der Waals surface area (Å²) in [6.07, 6.45) is 13.9. The van der Waals surface area contributed by atoms with Gasteiger partial charge in [0.1, 0.15) is 0 Å². The van der Waals surface area contributed by atoms with E-state index in [4.69, 9.17) is 5.73 Å². The Morgan fingerprint density at radius 3 is 1.83 bits per heavy atom. The summed E-state index contributed by atoms with van der Waals surface area (Å²) in [5, 5.41) is 0. The van der Waals surface area contributed by atoms with Crippen molar-refractivity contribution in [2.75, 3.05) is 0 Å². The van der Waals surface area contributed by atoms with Crippen molar-refractivity contribution >= 4 is 0 Å². The van der Waals surface area contributed by atoms with E-state index in [1.807, 2.05) is 0 Å². The maximum absolute atomic E-state index is 6.13. The lowest BCUT2D eigenvalue weighted by Crippen LogP contribution is -2.54. The Morgan fingerprint density at radius 1 is 0.889 bits per heavy atom. The molecule has 5 aliphatic rings. The van der Waals surface area contributed by atoms with Crippen molar-refractivity contribution < 1.29 is 0 Å². The molecule has 0 amide bonds. The molecule has 5 fully saturated rings. The standard InChI is InChI=1S/C17H29N/c1-11(18)14-2-4-17(5-3-14)15-7-12-6-13(9-15)10-16(17)8-12/h11-16H,2-10,18H2,1H3. The van der Waals surface area contributed by atoms with Crippen LogP contribution in [0, 0.1) is 35.0 Å². The second kappa shape index (κ2) is 3.98. The van der Waals surface area contributed by atoms with Gasteiger partial charge >= 0.3 is 0 Å². The minimum Gasteiger partial charge on any atom is -0.328 e. The largest absolute Gasteiger partial charge is 0.328 e. The smallest absolute Gasteiger partial charge is 0.00387 e. The summed E-state index contributed by atoms with van der Waals surface area (Å²) in [5.41, 5.74) is 6.92. The molecule has 1 nitrogen and oxygen atoms in total. The molecule has 5 aliphatic carbocycles. The highest BCUT2D eigenvalue weighted by molar-refractivity contribution is 5.07. The van der Waals surface area contributed by atoms with Gasteiger partial charge in [0.25, 0.3) is 0 Å². The summed E-state index contributed by atoms with van der Waals surface area (Å²) in [4.78, 5) is 0. The lowest BCUT2D eigenvalue weighted by atomic mass is 9.42. The van der Waals surface area contributed by atoms with Crippen molar-refractivity contribution in [2.24, 2.45) is 40.7 Å². The van der Waals surface area contributed by atoms with Crippen molar-refractivity contribution in [3.63, 3.8) is 0 Å². The summed E-state index contributed by atoms with van der Waals surface area (Å²) in [5.74, 6) is 5.31. The fraction of sp³-hybridized carbons (Fsp3) is 1.00. The van der Waals surface area contributed by atoms with Crippen molar-refractivity contribution in [3.8, 4) is 0 Å². The summed E-state index contributed by atoms with van der Waals surface area (Å²) < 4.78 is 0. The first kappa shape index (κ1) is 11.8. The van der Waals surface area contributed by atoms with E-state index in [-0.39, 0.29) is 0 Å². The van der Waals surface area contributed by atoms with Crippen molar-refractivity contribution in [1.82, 2.24) is 0 Å². The molecule has 102 valence electrons. The van der Waals surface area contributed by atoms with Crippen LogP contribution in [0.2, 0.25) is 0 Å². The average Bonchev–Trinajstić information content (AvgIpc) is 2.35. The Bertz CT molecular complexity index is 295. The average molecular weight is 247 g/mol. The molecule has 5 rings (SSSR count). The number of hydrogen-bond acceptors (Lipinski definition) is 1. The number of nitrogens with two attached hydrogens (primary N) is 1. The van der Waals surface area contributed by atoms with Crippen LogP contribution in [0.25, 0.3) is 0 Å². The van der Waals surface area contributed by atoms with Gasteiger partial charge in [-0.3, -0.25) is 0 Å². The summed E-state index contributed by atoms with van der Waals surface area (Å²) in [6, 6.07) is 0.430. The molecule has 0 aromatic rings. The third kappa shape index (κ3) is 1.55. The van der Waals surface area contributed by atoms with E-state index < -0.39 is 0 Å². The summed E-state index contributed by atoms with van der Waals surface area (Å²) >= 11 is 0. The minimum atomic E-state index is 0.430. The van der Waals surface area contributed by atoms with Gasteiger partial charge in [-0.15, -0.1) is 0 Å². The van der Waals surface area contributed by atoms with Crippen molar-refractivity contribution in [2.45, 2.75) is 70.8 Å². The van der Waals surface area contributed by atoms with Gasteiger partial charge in [-0.1, -0.05) is 0 Å². The zero-order chi connectivity index (χ0) is 12.3. The summed E-state index contributed by atoms with van der Waals surface area (Å²) in [7, 11) is 0. The summed E-state index contributed by atoms with van der Waals surface area (Å²) in [6.45, 7) is 2.22. The SMILES string of the molecule is CC(N)C1CCC2(CC1)C1CC3CC(C1)CC2C3. The topological polar surface area (TPSA) is 26.0 Å². The first-order valence-electron chi connectivity index (χ1n) is 8.43. The molecule has 0 heterocycles. The molecule has 0 aromatic carbocycles. The molecule has 0 aromatic heterocycles. The first-order chi connectivity index (χ1) is 8.67. The second-order valence-electron chi connectivity index (χ2n) is 8.23. The lowest BCUT2D eigenvalue weighted by Gasteiger charge is -2.63. The zero-order valence-electron chi connectivity index (χ0n) is 11.9. The van der Waals surface area contributed by atoms with Crippen LogP contribution in [0.15, 0.2) is 0 Å². The van der Waals surface area contributed by atoms with Crippen LogP contribution < -0.4 is 5.73 Å². The molecule has 0 aliphatic heterocycles. The molecule has 1 heteroatoms. The highest BCUT2D eigenvalue weighted by Crippen LogP contribution is 2.66. The van der Waals surface area contributed by atoms with E-state index in [1.54, 1.807) is 32.1 Å². The van der Waals surface area contributed by atoms with Crippen molar-refractivity contribution in [1.29, 1.82) is 0 Å². The van der Waals surface area contributed by atoms with Gasteiger partial charge in [0.15, 0.2) is 0 Å². The molecule has 2 N–H and O–H groups in total. The number of rotatable bonds is 1. The van der Waals surface area contributed by atoms with E-state index in [2.05, 4.69) is 6.92 Å². The lowest BCUT2D eigenvalue weighted by molar-refractivity contribution is -0.132. The van der Waals surface area contributed by atoms with Crippen LogP contribution in [0.1, 0.15) is 64.7 Å². The molecule has 1 atom stereocenters. The molecule has 4 bridgehead atoms. The highest BCUT2D eigenvalue weighted by atomic mass is 14.7. The molecule has 0 radical (unpaired) electrons. The van der Waals surface area contributed by atoms with Gasteiger partial charge < -0.3 is 5.73 Å². The third-order valence-electron chi connectivity index (χ3n) is 7.47. The van der Waals surface area contributed by atoms with E-state index in [9.17, 15) is 0 Å². The quantitative estimate of drug-likeness (QED) is 0.745. The Hall–Kier alpha value is -0.0400. The Balaban J connectivity index is 1.54. The Kier molecular flexibility index (Phi) is 2.60. The van der Waals surface area contributed by atoms with E-state index >= 15 is 0 Å². The fourth-order valence-corrected chi connectivity index (χ4v) is 6.64. The van der Waals surface area contributed by atoms with Gasteiger partial charge in [0.05, 0.1) is 0 Å². The minimum absolute atomic E-state index is 0.430. The van der Waals surface area contributed by atoms with Gasteiger partial charge in [-0.25, -0.2) is 0 Å². The van der Waals surface area contributed by atoms with Gasteiger partial charge in [-0.2, -0.15) is 0 Å². The van der Waals surface area contributed by atoms with E-state index in [0.717, 1.165) is 35.0 Å². The van der Waals surface area contributed by atoms with Crippen LogP contribution in [-0.2, 0) is 0 Å². The van der Waals surface area contributed by atoms with Gasteiger partial charge in [0, 0.05) is 6.04 Å². The zero-order valence-corrected chi connectivity index (χ0v) is 11.9. The van der Waals surface area contributed by atoms with Crippen LogP contribution in [0.4, 0.5) is 0 Å². The monoisotopic (exact) mass is 247 g/mol.